The van der Waals surface area contributed by atoms with E-state index in [1.807, 2.05) is 13.8 Å². The molecule has 0 aromatic heterocycles. The van der Waals surface area contributed by atoms with Crippen LogP contribution in [-0.2, 0) is 9.84 Å². The first-order chi connectivity index (χ1) is 8.82. The van der Waals surface area contributed by atoms with Crippen molar-refractivity contribution in [3.05, 3.63) is 29.8 Å². The summed E-state index contributed by atoms with van der Waals surface area (Å²) in [5.74, 6) is -0.845. The Hall–Kier alpha value is -1.56. The maximum Gasteiger partial charge on any atom is 0.339 e. The lowest BCUT2D eigenvalue weighted by Crippen LogP contribution is -2.20. The van der Waals surface area contributed by atoms with Crippen LogP contribution in [0.5, 0.6) is 5.75 Å². The number of carboxylic acids is 1. The van der Waals surface area contributed by atoms with Crippen LogP contribution in [0.3, 0.4) is 0 Å². The number of hydrogen-bond acceptors (Lipinski definition) is 4. The summed E-state index contributed by atoms with van der Waals surface area (Å²) in [5.41, 5.74) is 0.0313. The number of aromatic carboxylic acids is 1. The van der Waals surface area contributed by atoms with E-state index in [1.165, 1.54) is 12.1 Å². The number of ether oxygens (including phenoxy) is 1. The van der Waals surface area contributed by atoms with Gasteiger partial charge in [-0.2, -0.15) is 0 Å². The number of carboxylic acid groups (broad SMARTS) is 1. The van der Waals surface area contributed by atoms with Crippen molar-refractivity contribution in [2.45, 2.75) is 13.8 Å². The van der Waals surface area contributed by atoms with E-state index < -0.39 is 15.8 Å². The summed E-state index contributed by atoms with van der Waals surface area (Å²) in [6.07, 6.45) is 0. The van der Waals surface area contributed by atoms with Gasteiger partial charge in [-0.3, -0.25) is 0 Å². The molecule has 6 heteroatoms. The van der Waals surface area contributed by atoms with Crippen molar-refractivity contribution in [1.29, 1.82) is 0 Å². The molecule has 0 saturated carbocycles. The molecule has 0 spiro atoms. The molecule has 1 aromatic carbocycles. The lowest BCUT2D eigenvalue weighted by molar-refractivity contribution is 0.0692. The third-order valence-corrected chi connectivity index (χ3v) is 4.32. The van der Waals surface area contributed by atoms with E-state index in [0.717, 1.165) is 0 Å². The molecule has 0 radical (unpaired) electrons. The molecule has 0 fully saturated rings. The molecule has 1 rings (SSSR count). The van der Waals surface area contributed by atoms with Gasteiger partial charge in [-0.1, -0.05) is 26.0 Å². The molecule has 0 aliphatic rings. The van der Waals surface area contributed by atoms with Crippen LogP contribution >= 0.6 is 0 Å². The minimum Gasteiger partial charge on any atom is -0.492 e. The van der Waals surface area contributed by atoms with Gasteiger partial charge >= 0.3 is 5.97 Å². The molecule has 1 aromatic rings. The van der Waals surface area contributed by atoms with Crippen molar-refractivity contribution in [2.75, 3.05) is 18.1 Å². The predicted molar refractivity (Wildman–Crippen MR) is 72.4 cm³/mol. The molecule has 0 atom stereocenters. The first kappa shape index (κ1) is 15.5. The molecular weight excluding hydrogens is 268 g/mol. The maximum atomic E-state index is 11.7. The van der Waals surface area contributed by atoms with E-state index in [9.17, 15) is 13.2 Å². The van der Waals surface area contributed by atoms with Crippen molar-refractivity contribution in [2.24, 2.45) is 5.92 Å². The second kappa shape index (κ2) is 6.56. The zero-order valence-electron chi connectivity index (χ0n) is 11.0. The Kier molecular flexibility index (Phi) is 5.35. The molecule has 0 saturated heterocycles. The Morgan fingerprint density at radius 1 is 1.32 bits per heavy atom. The standard InChI is InChI=1S/C13H18O5S/c1-10(2)9-19(16,17)8-7-18-12-6-4-3-5-11(12)13(14)15/h3-6,10H,7-9H2,1-2H3,(H,14,15). The average molecular weight is 286 g/mol. The molecule has 0 bridgehead atoms. The third-order valence-electron chi connectivity index (χ3n) is 2.36. The van der Waals surface area contributed by atoms with Crippen molar-refractivity contribution in [3.8, 4) is 5.75 Å². The molecule has 0 aliphatic carbocycles. The molecule has 0 amide bonds. The van der Waals surface area contributed by atoms with Crippen LogP contribution in [0.4, 0.5) is 0 Å². The van der Waals surface area contributed by atoms with Crippen LogP contribution in [0.15, 0.2) is 24.3 Å². The fourth-order valence-electron chi connectivity index (χ4n) is 1.64. The highest BCUT2D eigenvalue weighted by Gasteiger charge is 2.15. The van der Waals surface area contributed by atoms with Crippen LogP contribution in [0.1, 0.15) is 24.2 Å². The van der Waals surface area contributed by atoms with Gasteiger partial charge in [0.15, 0.2) is 9.84 Å². The van der Waals surface area contributed by atoms with Crippen molar-refractivity contribution < 1.29 is 23.1 Å². The minimum absolute atomic E-state index is 0.0313. The Labute approximate surface area is 113 Å². The molecule has 5 nitrogen and oxygen atoms in total. The summed E-state index contributed by atoms with van der Waals surface area (Å²) >= 11 is 0. The van der Waals surface area contributed by atoms with Gasteiger partial charge in [-0.15, -0.1) is 0 Å². The van der Waals surface area contributed by atoms with Gasteiger partial charge in [-0.25, -0.2) is 13.2 Å². The summed E-state index contributed by atoms with van der Waals surface area (Å²) in [6.45, 7) is 3.62. The molecule has 0 aliphatic heterocycles. The Balaban J connectivity index is 2.61. The van der Waals surface area contributed by atoms with Gasteiger partial charge in [0, 0.05) is 0 Å². The molecule has 1 N–H and O–H groups in total. The van der Waals surface area contributed by atoms with E-state index in [4.69, 9.17) is 9.84 Å². The van der Waals surface area contributed by atoms with Gasteiger partial charge in [0.25, 0.3) is 0 Å². The van der Waals surface area contributed by atoms with Gasteiger partial charge < -0.3 is 9.84 Å². The van der Waals surface area contributed by atoms with E-state index in [1.54, 1.807) is 12.1 Å². The first-order valence-electron chi connectivity index (χ1n) is 5.97. The van der Waals surface area contributed by atoms with Gasteiger partial charge in [0.05, 0.1) is 11.5 Å². The lowest BCUT2D eigenvalue weighted by Gasteiger charge is -2.10. The lowest BCUT2D eigenvalue weighted by atomic mass is 10.2. The second-order valence-electron chi connectivity index (χ2n) is 4.66. The highest BCUT2D eigenvalue weighted by Crippen LogP contribution is 2.17. The highest BCUT2D eigenvalue weighted by molar-refractivity contribution is 7.91. The van der Waals surface area contributed by atoms with Gasteiger partial charge in [0.2, 0.25) is 0 Å². The number of carbonyl (C=O) groups is 1. The Bertz CT molecular complexity index is 534. The fourth-order valence-corrected chi connectivity index (χ4v) is 3.16. The monoisotopic (exact) mass is 286 g/mol. The quantitative estimate of drug-likeness (QED) is 0.827. The zero-order valence-corrected chi connectivity index (χ0v) is 11.8. The van der Waals surface area contributed by atoms with Crippen molar-refractivity contribution in [1.82, 2.24) is 0 Å². The van der Waals surface area contributed by atoms with Crippen LogP contribution in [0.25, 0.3) is 0 Å². The number of para-hydroxylation sites is 1. The molecule has 0 heterocycles. The van der Waals surface area contributed by atoms with Crippen LogP contribution in [0.2, 0.25) is 0 Å². The van der Waals surface area contributed by atoms with Crippen LogP contribution < -0.4 is 4.74 Å². The highest BCUT2D eigenvalue weighted by atomic mass is 32.2. The Morgan fingerprint density at radius 2 is 1.95 bits per heavy atom. The fraction of sp³-hybridized carbons (Fsp3) is 0.462. The first-order valence-corrected chi connectivity index (χ1v) is 7.79. The number of rotatable bonds is 7. The predicted octanol–water partition coefficient (Wildman–Crippen LogP) is 1.83. The number of hydrogen-bond donors (Lipinski definition) is 1. The minimum atomic E-state index is -3.16. The van der Waals surface area contributed by atoms with Gasteiger partial charge in [-0.05, 0) is 18.1 Å². The van der Waals surface area contributed by atoms with Crippen LogP contribution in [0, 0.1) is 5.92 Å². The van der Waals surface area contributed by atoms with Crippen molar-refractivity contribution >= 4 is 15.8 Å². The maximum absolute atomic E-state index is 11.7. The molecular formula is C13H18O5S. The Morgan fingerprint density at radius 3 is 2.53 bits per heavy atom. The number of benzene rings is 1. The zero-order chi connectivity index (χ0) is 14.5. The summed E-state index contributed by atoms with van der Waals surface area (Å²) in [4.78, 5) is 10.9. The summed E-state index contributed by atoms with van der Waals surface area (Å²) in [5, 5.41) is 8.95. The van der Waals surface area contributed by atoms with E-state index >= 15 is 0 Å². The third kappa shape index (κ3) is 5.30. The summed E-state index contributed by atoms with van der Waals surface area (Å²) in [7, 11) is -3.16. The second-order valence-corrected chi connectivity index (χ2v) is 6.89. The van der Waals surface area contributed by atoms with Crippen LogP contribution in [-0.4, -0.2) is 37.6 Å². The van der Waals surface area contributed by atoms with E-state index in [-0.39, 0.29) is 35.3 Å². The summed E-state index contributed by atoms with van der Waals surface area (Å²) < 4.78 is 28.6. The normalized spacial score (nSPS) is 11.5. The van der Waals surface area contributed by atoms with E-state index in [2.05, 4.69) is 0 Å². The SMILES string of the molecule is CC(C)CS(=O)(=O)CCOc1ccccc1C(=O)O. The molecule has 19 heavy (non-hydrogen) atoms. The van der Waals surface area contributed by atoms with E-state index in [0.29, 0.717) is 0 Å². The molecule has 106 valence electrons. The average Bonchev–Trinajstić information content (AvgIpc) is 2.27. The molecule has 0 unspecified atom stereocenters. The topological polar surface area (TPSA) is 80.7 Å². The largest absolute Gasteiger partial charge is 0.492 e. The smallest absolute Gasteiger partial charge is 0.339 e. The summed E-state index contributed by atoms with van der Waals surface area (Å²) in [6, 6.07) is 6.16. The van der Waals surface area contributed by atoms with Crippen molar-refractivity contribution in [3.63, 3.8) is 0 Å². The number of sulfone groups is 1. The van der Waals surface area contributed by atoms with Gasteiger partial charge in [0.1, 0.15) is 17.9 Å².